The van der Waals surface area contributed by atoms with Gasteiger partial charge in [-0.2, -0.15) is 0 Å². The molecular formula is C36H34N2O5. The van der Waals surface area contributed by atoms with Crippen LogP contribution < -0.4 is 9.64 Å². The summed E-state index contributed by atoms with van der Waals surface area (Å²) in [5.74, 6) is -0.191. The molecule has 0 amide bonds. The third-order valence-electron chi connectivity index (χ3n) is 7.98. The van der Waals surface area contributed by atoms with Crippen LogP contribution >= 0.6 is 0 Å². The number of hydrogen-bond donors (Lipinski definition) is 0. The molecule has 1 aliphatic heterocycles. The molecule has 2 heterocycles. The Morgan fingerprint density at radius 1 is 0.860 bits per heavy atom. The van der Waals surface area contributed by atoms with Gasteiger partial charge in [0, 0.05) is 40.1 Å². The van der Waals surface area contributed by atoms with Gasteiger partial charge in [0.25, 0.3) is 0 Å². The normalized spacial score (nSPS) is 15.7. The van der Waals surface area contributed by atoms with Gasteiger partial charge in [-0.1, -0.05) is 36.4 Å². The van der Waals surface area contributed by atoms with Crippen molar-refractivity contribution in [1.29, 1.82) is 0 Å². The number of rotatable bonds is 9. The molecule has 1 aliphatic rings. The van der Waals surface area contributed by atoms with Gasteiger partial charge in [0.2, 0.25) is 5.72 Å². The van der Waals surface area contributed by atoms with Crippen LogP contribution in [0.4, 0.5) is 11.4 Å². The van der Waals surface area contributed by atoms with E-state index < -0.39 is 17.7 Å². The zero-order valence-corrected chi connectivity index (χ0v) is 24.8. The summed E-state index contributed by atoms with van der Waals surface area (Å²) in [4.78, 5) is 29.0. The number of hydrogen-bond acceptors (Lipinski definition) is 6. The van der Waals surface area contributed by atoms with Crippen molar-refractivity contribution >= 4 is 34.2 Å². The second-order valence-electron chi connectivity index (χ2n) is 10.3. The quantitative estimate of drug-likeness (QED) is 0.168. The van der Waals surface area contributed by atoms with Crippen molar-refractivity contribution in [1.82, 2.24) is 4.57 Å². The van der Waals surface area contributed by atoms with Crippen LogP contribution in [0.25, 0.3) is 10.9 Å². The molecule has 0 saturated heterocycles. The topological polar surface area (TPSA) is 70.0 Å². The first-order valence-corrected chi connectivity index (χ1v) is 14.7. The summed E-state index contributed by atoms with van der Waals surface area (Å²) >= 11 is 0. The van der Waals surface area contributed by atoms with Crippen LogP contribution in [-0.2, 0) is 21.7 Å². The molecule has 0 radical (unpaired) electrons. The van der Waals surface area contributed by atoms with Crippen LogP contribution in [0.2, 0.25) is 0 Å². The lowest BCUT2D eigenvalue weighted by Gasteiger charge is -2.42. The molecule has 7 nitrogen and oxygen atoms in total. The van der Waals surface area contributed by atoms with Crippen LogP contribution in [-0.4, -0.2) is 29.7 Å². The molecule has 6 rings (SSSR count). The fourth-order valence-electron chi connectivity index (χ4n) is 6.27. The molecule has 218 valence electrons. The predicted molar refractivity (Wildman–Crippen MR) is 167 cm³/mol. The summed E-state index contributed by atoms with van der Waals surface area (Å²) in [6.45, 7) is 9.38. The van der Waals surface area contributed by atoms with Gasteiger partial charge in [0.1, 0.15) is 5.75 Å². The number of nitrogens with zero attached hydrogens (tertiary/aromatic N) is 2. The maximum absolute atomic E-state index is 13.9. The fourth-order valence-corrected chi connectivity index (χ4v) is 6.27. The molecule has 5 aromatic rings. The number of aromatic nitrogens is 1. The first-order chi connectivity index (χ1) is 20.9. The minimum absolute atomic E-state index is 0.238. The van der Waals surface area contributed by atoms with Gasteiger partial charge in [-0.25, -0.2) is 9.59 Å². The van der Waals surface area contributed by atoms with Crippen molar-refractivity contribution in [3.05, 3.63) is 125 Å². The number of benzene rings is 4. The van der Waals surface area contributed by atoms with Crippen LogP contribution in [0, 0.1) is 6.92 Å². The van der Waals surface area contributed by atoms with Crippen LogP contribution in [0.15, 0.2) is 97.1 Å². The Kier molecular flexibility index (Phi) is 7.40. The molecule has 4 aromatic carbocycles. The van der Waals surface area contributed by atoms with Crippen molar-refractivity contribution in [2.24, 2.45) is 0 Å². The van der Waals surface area contributed by atoms with Crippen LogP contribution in [0.3, 0.4) is 0 Å². The van der Waals surface area contributed by atoms with E-state index in [2.05, 4.69) is 35.4 Å². The van der Waals surface area contributed by atoms with Crippen molar-refractivity contribution in [3.8, 4) is 5.75 Å². The van der Waals surface area contributed by atoms with Crippen molar-refractivity contribution in [3.63, 3.8) is 0 Å². The summed E-state index contributed by atoms with van der Waals surface area (Å²) in [6.07, 6.45) is 0. The number of esters is 2. The van der Waals surface area contributed by atoms with E-state index in [4.69, 9.17) is 14.2 Å². The summed E-state index contributed by atoms with van der Waals surface area (Å²) in [6, 6.07) is 30.8. The molecule has 0 N–H and O–H groups in total. The van der Waals surface area contributed by atoms with Crippen LogP contribution in [0.5, 0.6) is 5.75 Å². The molecule has 1 unspecified atom stereocenters. The highest BCUT2D eigenvalue weighted by molar-refractivity contribution is 6.01. The van der Waals surface area contributed by atoms with E-state index in [9.17, 15) is 9.59 Å². The van der Waals surface area contributed by atoms with E-state index >= 15 is 0 Å². The van der Waals surface area contributed by atoms with Gasteiger partial charge < -0.3 is 18.8 Å². The number of fused-ring (bicyclic) bond motifs is 2. The molecule has 1 atom stereocenters. The maximum Gasteiger partial charge on any atom is 0.341 e. The van der Waals surface area contributed by atoms with E-state index in [-0.39, 0.29) is 6.61 Å². The molecule has 1 aromatic heterocycles. The Morgan fingerprint density at radius 2 is 1.56 bits per heavy atom. The number of anilines is 2. The Balaban J connectivity index is 1.75. The second kappa shape index (κ2) is 11.3. The number of para-hydroxylation sites is 2. The van der Waals surface area contributed by atoms with Crippen molar-refractivity contribution in [2.45, 2.75) is 40.0 Å². The Bertz CT molecular complexity index is 1810. The minimum Gasteiger partial charge on any atom is -0.494 e. The molecule has 43 heavy (non-hydrogen) atoms. The molecule has 0 spiro atoms. The van der Waals surface area contributed by atoms with E-state index in [1.807, 2.05) is 73.7 Å². The standard InChI is InChI=1S/C36H34N2O5/c1-5-37-24(4)33(30-15-11-12-16-32(30)37)36(31-23-25(34(39)42-7-3)17-22-29(31)35(40)43-36)38(26-13-9-8-10-14-26)27-18-20-28(21-19-27)41-6-2/h8-23H,5-7H2,1-4H3. The lowest BCUT2D eigenvalue weighted by atomic mass is 9.87. The summed E-state index contributed by atoms with van der Waals surface area (Å²) in [7, 11) is 0. The lowest BCUT2D eigenvalue weighted by molar-refractivity contribution is 0.0136. The van der Waals surface area contributed by atoms with Gasteiger partial charge in [0.05, 0.1) is 29.9 Å². The molecule has 7 heteroatoms. The van der Waals surface area contributed by atoms with Gasteiger partial charge in [-0.05, 0) is 88.4 Å². The first-order valence-electron chi connectivity index (χ1n) is 14.7. The second-order valence-corrected chi connectivity index (χ2v) is 10.3. The minimum atomic E-state index is -1.46. The number of ether oxygens (including phenoxy) is 3. The monoisotopic (exact) mass is 574 g/mol. The number of aryl methyl sites for hydroxylation is 1. The molecule has 0 bridgehead atoms. The van der Waals surface area contributed by atoms with Gasteiger partial charge >= 0.3 is 11.9 Å². The predicted octanol–water partition coefficient (Wildman–Crippen LogP) is 7.75. The average molecular weight is 575 g/mol. The Labute approximate surface area is 251 Å². The zero-order valence-electron chi connectivity index (χ0n) is 24.8. The zero-order chi connectivity index (χ0) is 30.1. The fraction of sp³-hybridized carbons (Fsp3) is 0.222. The molecule has 0 fully saturated rings. The summed E-state index contributed by atoms with van der Waals surface area (Å²) in [5, 5.41) is 0.955. The highest BCUT2D eigenvalue weighted by Gasteiger charge is 2.55. The first kappa shape index (κ1) is 28.1. The SMILES string of the molecule is CCOC(=O)c1ccc2c(c1)C(c1c(C)n(CC)c3ccccc13)(N(c1ccccc1)c1ccc(OCC)cc1)OC2=O. The van der Waals surface area contributed by atoms with Crippen molar-refractivity contribution < 1.29 is 23.8 Å². The lowest BCUT2D eigenvalue weighted by Crippen LogP contribution is -2.45. The van der Waals surface area contributed by atoms with E-state index in [1.54, 1.807) is 25.1 Å². The highest BCUT2D eigenvalue weighted by atomic mass is 16.6. The Morgan fingerprint density at radius 3 is 2.26 bits per heavy atom. The summed E-state index contributed by atoms with van der Waals surface area (Å²) in [5.41, 5.74) is 4.26. The smallest absolute Gasteiger partial charge is 0.341 e. The van der Waals surface area contributed by atoms with Gasteiger partial charge in [0.15, 0.2) is 0 Å². The molecule has 0 saturated carbocycles. The third-order valence-corrected chi connectivity index (χ3v) is 7.98. The van der Waals surface area contributed by atoms with E-state index in [1.165, 1.54) is 0 Å². The summed E-state index contributed by atoms with van der Waals surface area (Å²) < 4.78 is 20.0. The van der Waals surface area contributed by atoms with E-state index in [0.29, 0.717) is 23.3 Å². The van der Waals surface area contributed by atoms with Crippen molar-refractivity contribution in [2.75, 3.05) is 18.1 Å². The van der Waals surface area contributed by atoms with E-state index in [0.717, 1.165) is 45.8 Å². The molecule has 0 aliphatic carbocycles. The highest BCUT2D eigenvalue weighted by Crippen LogP contribution is 2.53. The van der Waals surface area contributed by atoms with Gasteiger partial charge in [-0.15, -0.1) is 0 Å². The maximum atomic E-state index is 13.9. The largest absolute Gasteiger partial charge is 0.494 e. The van der Waals surface area contributed by atoms with Crippen LogP contribution in [0.1, 0.15) is 58.3 Å². The number of carbonyl (C=O) groups excluding carboxylic acids is 2. The number of cyclic esters (lactones) is 1. The Hall–Kier alpha value is -5.04. The van der Waals surface area contributed by atoms with Gasteiger partial charge in [-0.3, -0.25) is 4.90 Å². The molecular weight excluding hydrogens is 540 g/mol. The number of carbonyl (C=O) groups is 2. The average Bonchev–Trinajstić information content (AvgIpc) is 3.48. The third kappa shape index (κ3) is 4.52.